The van der Waals surface area contributed by atoms with Gasteiger partial charge in [0.05, 0.1) is 10.9 Å². The topological polar surface area (TPSA) is 122 Å². The summed E-state index contributed by atoms with van der Waals surface area (Å²) < 4.78 is 15.1. The quantitative estimate of drug-likeness (QED) is 0.491. The molecule has 3 aromatic rings. The van der Waals surface area contributed by atoms with Crippen LogP contribution in [0, 0.1) is 11.7 Å². The molecule has 1 heterocycles. The molecule has 3 N–H and O–H groups in total. The van der Waals surface area contributed by atoms with Crippen LogP contribution in [-0.4, -0.2) is 33.5 Å². The van der Waals surface area contributed by atoms with Crippen LogP contribution in [0.1, 0.15) is 41.6 Å². The number of benzene rings is 2. The molecule has 0 bridgehead atoms. The molecule has 0 aliphatic carbocycles. The Kier molecular flexibility index (Phi) is 7.17. The molecule has 10 heteroatoms. The van der Waals surface area contributed by atoms with E-state index in [1.807, 2.05) is 0 Å². The van der Waals surface area contributed by atoms with Crippen LogP contribution in [0.15, 0.2) is 53.3 Å². The second-order valence-electron chi connectivity index (χ2n) is 7.63. The fourth-order valence-corrected chi connectivity index (χ4v) is 3.27. The van der Waals surface area contributed by atoms with Gasteiger partial charge in [0.1, 0.15) is 11.9 Å². The molecule has 0 aliphatic heterocycles. The summed E-state index contributed by atoms with van der Waals surface area (Å²) in [6, 6.07) is 10.9. The molecule has 0 spiro atoms. The van der Waals surface area contributed by atoms with Gasteiger partial charge in [0, 0.05) is 11.9 Å². The minimum absolute atomic E-state index is 0.0381. The molecule has 0 saturated heterocycles. The molecule has 0 unspecified atom stereocenters. The van der Waals surface area contributed by atoms with Gasteiger partial charge in [-0.1, -0.05) is 44.2 Å². The van der Waals surface area contributed by atoms with E-state index in [1.54, 1.807) is 45.0 Å². The third-order valence-electron chi connectivity index (χ3n) is 5.04. The molecule has 0 aliphatic rings. The monoisotopic (exact) mass is 453 g/mol. The molecule has 0 fully saturated rings. The van der Waals surface area contributed by atoms with Crippen molar-refractivity contribution in [2.75, 3.05) is 0 Å². The first-order valence-electron chi connectivity index (χ1n) is 10.4. The van der Waals surface area contributed by atoms with Gasteiger partial charge >= 0.3 is 0 Å². The van der Waals surface area contributed by atoms with Crippen molar-refractivity contribution in [1.29, 1.82) is 0 Å². The number of halogens is 1. The smallest absolute Gasteiger partial charge is 0.290 e. The molecule has 3 amide bonds. The summed E-state index contributed by atoms with van der Waals surface area (Å²) in [6.45, 7) is 5.37. The highest BCUT2D eigenvalue weighted by Crippen LogP contribution is 2.13. The van der Waals surface area contributed by atoms with Gasteiger partial charge in [-0.05, 0) is 31.0 Å². The number of hydrazine groups is 1. The lowest BCUT2D eigenvalue weighted by molar-refractivity contribution is -0.124. The largest absolute Gasteiger partial charge is 0.340 e. The number of carbonyl (C=O) groups excluding carboxylic acids is 3. The molecule has 3 rings (SSSR count). The Hall–Kier alpha value is -4.08. The molecule has 0 saturated carbocycles. The van der Waals surface area contributed by atoms with Gasteiger partial charge in [-0.25, -0.2) is 9.07 Å². The van der Waals surface area contributed by atoms with Gasteiger partial charge in [0.2, 0.25) is 0 Å². The van der Waals surface area contributed by atoms with Crippen LogP contribution in [0.5, 0.6) is 0 Å². The van der Waals surface area contributed by atoms with E-state index in [-0.39, 0.29) is 29.3 Å². The number of fused-ring (bicyclic) bond motifs is 1. The van der Waals surface area contributed by atoms with Crippen molar-refractivity contribution < 1.29 is 18.8 Å². The van der Waals surface area contributed by atoms with Crippen LogP contribution in [0.4, 0.5) is 4.39 Å². The highest BCUT2D eigenvalue weighted by molar-refractivity contribution is 6.05. The van der Waals surface area contributed by atoms with E-state index in [9.17, 15) is 23.6 Å². The first kappa shape index (κ1) is 23.6. The van der Waals surface area contributed by atoms with Crippen molar-refractivity contribution in [1.82, 2.24) is 25.9 Å². The van der Waals surface area contributed by atoms with Crippen LogP contribution in [0.2, 0.25) is 0 Å². The number of hydrogen-bond acceptors (Lipinski definition) is 5. The average molecular weight is 453 g/mol. The Bertz CT molecular complexity index is 1270. The Morgan fingerprint density at radius 3 is 2.24 bits per heavy atom. The molecule has 2 aromatic carbocycles. The summed E-state index contributed by atoms with van der Waals surface area (Å²) in [7, 11) is 0. The minimum atomic E-state index is -1.05. The maximum absolute atomic E-state index is 13.9. The van der Waals surface area contributed by atoms with E-state index >= 15 is 0 Å². The number of amides is 3. The normalized spacial score (nSPS) is 11.8. The van der Waals surface area contributed by atoms with Crippen LogP contribution in [-0.2, 0) is 11.3 Å². The van der Waals surface area contributed by atoms with E-state index in [0.29, 0.717) is 10.8 Å². The summed E-state index contributed by atoms with van der Waals surface area (Å²) in [5.74, 6) is -3.26. The molecular weight excluding hydrogens is 429 g/mol. The zero-order valence-corrected chi connectivity index (χ0v) is 18.4. The Balaban J connectivity index is 1.77. The predicted octanol–water partition coefficient (Wildman–Crippen LogP) is 1.77. The Morgan fingerprint density at radius 1 is 0.970 bits per heavy atom. The second kappa shape index (κ2) is 10.0. The second-order valence-corrected chi connectivity index (χ2v) is 7.63. The number of aromatic nitrogens is 2. The molecule has 1 atom stereocenters. The SMILES string of the molecule is CCn1nc(C(=O)NNC(=O)[C@@H](NC(=O)c2ccccc2F)C(C)C)c2ccccc2c1=O. The van der Waals surface area contributed by atoms with Crippen LogP contribution in [0.3, 0.4) is 0 Å². The fraction of sp³-hybridized carbons (Fsp3) is 0.261. The van der Waals surface area contributed by atoms with E-state index in [2.05, 4.69) is 21.3 Å². The molecule has 172 valence electrons. The van der Waals surface area contributed by atoms with Crippen molar-refractivity contribution in [2.45, 2.75) is 33.4 Å². The lowest BCUT2D eigenvalue weighted by Crippen LogP contribution is -2.54. The highest BCUT2D eigenvalue weighted by atomic mass is 19.1. The Labute approximate surface area is 189 Å². The number of nitrogens with one attached hydrogen (secondary N) is 3. The predicted molar refractivity (Wildman–Crippen MR) is 120 cm³/mol. The van der Waals surface area contributed by atoms with E-state index in [0.717, 1.165) is 10.7 Å². The number of carbonyl (C=O) groups is 3. The lowest BCUT2D eigenvalue weighted by atomic mass is 10.0. The number of aryl methyl sites for hydroxylation is 1. The van der Waals surface area contributed by atoms with Gasteiger partial charge in [-0.15, -0.1) is 0 Å². The first-order chi connectivity index (χ1) is 15.7. The summed E-state index contributed by atoms with van der Waals surface area (Å²) >= 11 is 0. The number of rotatable bonds is 6. The summed E-state index contributed by atoms with van der Waals surface area (Å²) in [4.78, 5) is 50.4. The zero-order valence-electron chi connectivity index (χ0n) is 18.4. The van der Waals surface area contributed by atoms with Gasteiger partial charge in [0.25, 0.3) is 23.3 Å². The summed E-state index contributed by atoms with van der Waals surface area (Å²) in [6.07, 6.45) is 0. The van der Waals surface area contributed by atoms with E-state index in [4.69, 9.17) is 0 Å². The molecule has 9 nitrogen and oxygen atoms in total. The van der Waals surface area contributed by atoms with Crippen molar-refractivity contribution >= 4 is 28.5 Å². The first-order valence-corrected chi connectivity index (χ1v) is 10.4. The van der Waals surface area contributed by atoms with Gasteiger partial charge in [-0.2, -0.15) is 5.10 Å². The van der Waals surface area contributed by atoms with Gasteiger partial charge in [-0.3, -0.25) is 30.0 Å². The van der Waals surface area contributed by atoms with Crippen molar-refractivity contribution in [3.05, 3.63) is 76.0 Å². The number of hydrogen-bond donors (Lipinski definition) is 3. The standard InChI is InChI=1S/C23H24FN5O4/c1-4-29-23(33)15-10-6-5-9-14(15)19(28-29)22(32)27-26-21(31)18(13(2)3)25-20(30)16-11-7-8-12-17(16)24/h5-13,18H,4H2,1-3H3,(H,25,30)(H,26,31)(H,27,32)/t18-/m0/s1. The van der Waals surface area contributed by atoms with Crippen molar-refractivity contribution in [3.8, 4) is 0 Å². The third kappa shape index (κ3) is 5.05. The van der Waals surface area contributed by atoms with Crippen LogP contribution in [0.25, 0.3) is 10.8 Å². The van der Waals surface area contributed by atoms with Crippen LogP contribution >= 0.6 is 0 Å². The summed E-state index contributed by atoms with van der Waals surface area (Å²) in [5.41, 5.74) is 3.99. The maximum atomic E-state index is 13.9. The zero-order chi connectivity index (χ0) is 24.1. The third-order valence-corrected chi connectivity index (χ3v) is 5.04. The molecule has 1 aromatic heterocycles. The van der Waals surface area contributed by atoms with E-state index < -0.39 is 29.6 Å². The van der Waals surface area contributed by atoms with Gasteiger partial charge in [0.15, 0.2) is 5.69 Å². The molecule has 33 heavy (non-hydrogen) atoms. The highest BCUT2D eigenvalue weighted by Gasteiger charge is 2.26. The lowest BCUT2D eigenvalue weighted by Gasteiger charge is -2.22. The summed E-state index contributed by atoms with van der Waals surface area (Å²) in [5, 5.41) is 7.26. The number of nitrogens with zero attached hydrogens (tertiary/aromatic N) is 2. The van der Waals surface area contributed by atoms with Gasteiger partial charge < -0.3 is 5.32 Å². The molecular formula is C23H24FN5O4. The fourth-order valence-electron chi connectivity index (χ4n) is 3.27. The minimum Gasteiger partial charge on any atom is -0.340 e. The van der Waals surface area contributed by atoms with Crippen LogP contribution < -0.4 is 21.7 Å². The Morgan fingerprint density at radius 2 is 1.61 bits per heavy atom. The average Bonchev–Trinajstić information content (AvgIpc) is 2.81. The van der Waals surface area contributed by atoms with E-state index in [1.165, 1.54) is 18.2 Å². The van der Waals surface area contributed by atoms with Crippen molar-refractivity contribution in [3.63, 3.8) is 0 Å². The molecule has 0 radical (unpaired) electrons. The van der Waals surface area contributed by atoms with Crippen molar-refractivity contribution in [2.24, 2.45) is 5.92 Å². The maximum Gasteiger partial charge on any atom is 0.290 e.